The molecule has 0 fully saturated rings. The smallest absolute Gasteiger partial charge is 0.0178 e. The van der Waals surface area contributed by atoms with E-state index in [0.717, 1.165) is 23.7 Å². The van der Waals surface area contributed by atoms with Crippen molar-refractivity contribution >= 4 is 0 Å². The summed E-state index contributed by atoms with van der Waals surface area (Å²) < 4.78 is 0. The van der Waals surface area contributed by atoms with Crippen molar-refractivity contribution < 1.29 is 0 Å². The van der Waals surface area contributed by atoms with Gasteiger partial charge in [0.2, 0.25) is 0 Å². The van der Waals surface area contributed by atoms with Crippen molar-refractivity contribution in [3.05, 3.63) is 11.6 Å². The van der Waals surface area contributed by atoms with Crippen molar-refractivity contribution in [2.45, 2.75) is 132 Å². The van der Waals surface area contributed by atoms with Crippen LogP contribution in [0.1, 0.15) is 132 Å². The van der Waals surface area contributed by atoms with Gasteiger partial charge in [0.1, 0.15) is 0 Å². The molecule has 0 aromatic rings. The molecule has 0 aromatic carbocycles. The van der Waals surface area contributed by atoms with Crippen LogP contribution in [0.15, 0.2) is 11.6 Å². The number of allylic oxidation sites excluding steroid dienone is 2. The number of rotatable bonds is 17. The van der Waals surface area contributed by atoms with Gasteiger partial charge in [-0.25, -0.2) is 0 Å². The van der Waals surface area contributed by atoms with Crippen LogP contribution in [-0.4, -0.2) is 0 Å². The second kappa shape index (κ2) is 16.9. The highest BCUT2D eigenvalue weighted by Crippen LogP contribution is 2.35. The lowest BCUT2D eigenvalue weighted by atomic mass is 9.75. The molecule has 0 aliphatic rings. The Bertz CT molecular complexity index is 325. The fraction of sp³-hybridized carbons (Fsp3) is 0.923. The molecular weight excluding hydrogens is 312 g/mol. The van der Waals surface area contributed by atoms with E-state index in [4.69, 9.17) is 0 Å². The predicted octanol–water partition coefficient (Wildman–Crippen LogP) is 9.59. The van der Waals surface area contributed by atoms with Gasteiger partial charge in [0.15, 0.2) is 0 Å². The maximum Gasteiger partial charge on any atom is -0.0178 e. The summed E-state index contributed by atoms with van der Waals surface area (Å²) in [6, 6.07) is 0. The second-order valence-corrected chi connectivity index (χ2v) is 9.38. The van der Waals surface area contributed by atoms with Crippen molar-refractivity contribution in [3.63, 3.8) is 0 Å². The number of hydrogen-bond acceptors (Lipinski definition) is 0. The van der Waals surface area contributed by atoms with Crippen LogP contribution in [0.25, 0.3) is 0 Å². The molecule has 0 saturated carbocycles. The summed E-state index contributed by atoms with van der Waals surface area (Å²) in [6.45, 7) is 16.6. The maximum absolute atomic E-state index is 2.52. The molecule has 0 saturated heterocycles. The van der Waals surface area contributed by atoms with Crippen molar-refractivity contribution in [2.24, 2.45) is 23.7 Å². The SMILES string of the molecule is CCC=C(C)C(CCCCC)C(CCC)CC(C)CCCCCC(C)C. The van der Waals surface area contributed by atoms with Crippen molar-refractivity contribution in [3.8, 4) is 0 Å². The summed E-state index contributed by atoms with van der Waals surface area (Å²) in [5, 5.41) is 0. The van der Waals surface area contributed by atoms with Crippen molar-refractivity contribution in [1.29, 1.82) is 0 Å². The Morgan fingerprint density at radius 2 is 1.38 bits per heavy atom. The molecule has 0 rings (SSSR count). The Morgan fingerprint density at radius 1 is 0.731 bits per heavy atom. The first kappa shape index (κ1) is 25.7. The van der Waals surface area contributed by atoms with Gasteiger partial charge in [-0.1, -0.05) is 117 Å². The lowest BCUT2D eigenvalue weighted by molar-refractivity contribution is 0.259. The molecular formula is C26H52. The molecule has 0 heteroatoms. The molecule has 156 valence electrons. The topological polar surface area (TPSA) is 0 Å². The lowest BCUT2D eigenvalue weighted by Crippen LogP contribution is -2.19. The van der Waals surface area contributed by atoms with E-state index in [0.29, 0.717) is 0 Å². The summed E-state index contributed by atoms with van der Waals surface area (Å²) >= 11 is 0. The molecule has 0 N–H and O–H groups in total. The molecule has 26 heavy (non-hydrogen) atoms. The van der Waals surface area contributed by atoms with Crippen LogP contribution >= 0.6 is 0 Å². The Kier molecular flexibility index (Phi) is 16.7. The summed E-state index contributed by atoms with van der Waals surface area (Å²) in [5.41, 5.74) is 1.69. The maximum atomic E-state index is 2.52. The average molecular weight is 365 g/mol. The highest BCUT2D eigenvalue weighted by Gasteiger charge is 2.23. The van der Waals surface area contributed by atoms with Crippen molar-refractivity contribution in [1.82, 2.24) is 0 Å². The molecule has 0 amide bonds. The van der Waals surface area contributed by atoms with Crippen LogP contribution in [0.3, 0.4) is 0 Å². The molecule has 0 heterocycles. The van der Waals surface area contributed by atoms with E-state index >= 15 is 0 Å². The van der Waals surface area contributed by atoms with Gasteiger partial charge in [-0.3, -0.25) is 0 Å². The van der Waals surface area contributed by atoms with Gasteiger partial charge in [0.05, 0.1) is 0 Å². The van der Waals surface area contributed by atoms with E-state index in [-0.39, 0.29) is 0 Å². The standard InChI is InChI=1S/C26H52/c1-8-11-13-20-26(24(7)16-9-2)25(17-10-3)21-23(6)19-15-12-14-18-22(4)5/h16,22-23,25-26H,8-15,17-21H2,1-7H3. The minimum atomic E-state index is 0.838. The molecule has 0 spiro atoms. The first-order valence-electron chi connectivity index (χ1n) is 12.1. The molecule has 3 atom stereocenters. The highest BCUT2D eigenvalue weighted by molar-refractivity contribution is 5.05. The largest absolute Gasteiger partial charge is 0.0856 e. The summed E-state index contributed by atoms with van der Waals surface area (Å²) in [6.07, 6.45) is 20.7. The fourth-order valence-electron chi connectivity index (χ4n) is 4.63. The summed E-state index contributed by atoms with van der Waals surface area (Å²) in [5.74, 6) is 3.52. The highest BCUT2D eigenvalue weighted by atomic mass is 14.3. The fourth-order valence-corrected chi connectivity index (χ4v) is 4.63. The van der Waals surface area contributed by atoms with E-state index < -0.39 is 0 Å². The Hall–Kier alpha value is -0.260. The van der Waals surface area contributed by atoms with Gasteiger partial charge in [-0.05, 0) is 49.9 Å². The lowest BCUT2D eigenvalue weighted by Gasteiger charge is -2.30. The van der Waals surface area contributed by atoms with E-state index in [9.17, 15) is 0 Å². The van der Waals surface area contributed by atoms with Gasteiger partial charge in [-0.2, -0.15) is 0 Å². The van der Waals surface area contributed by atoms with E-state index in [1.54, 1.807) is 5.57 Å². The van der Waals surface area contributed by atoms with Crippen LogP contribution < -0.4 is 0 Å². The monoisotopic (exact) mass is 364 g/mol. The van der Waals surface area contributed by atoms with Gasteiger partial charge in [-0.15, -0.1) is 0 Å². The molecule has 0 aliphatic heterocycles. The van der Waals surface area contributed by atoms with Crippen LogP contribution in [0.4, 0.5) is 0 Å². The molecule has 3 unspecified atom stereocenters. The number of hydrogen-bond donors (Lipinski definition) is 0. The summed E-state index contributed by atoms with van der Waals surface area (Å²) in [4.78, 5) is 0. The van der Waals surface area contributed by atoms with Crippen LogP contribution in [0.5, 0.6) is 0 Å². The molecule has 0 radical (unpaired) electrons. The van der Waals surface area contributed by atoms with E-state index in [1.165, 1.54) is 83.5 Å². The van der Waals surface area contributed by atoms with Gasteiger partial charge in [0.25, 0.3) is 0 Å². The first-order valence-corrected chi connectivity index (χ1v) is 12.1. The van der Waals surface area contributed by atoms with Gasteiger partial charge in [0, 0.05) is 0 Å². The normalized spacial score (nSPS) is 16.1. The Morgan fingerprint density at radius 3 is 1.96 bits per heavy atom. The van der Waals surface area contributed by atoms with Crippen LogP contribution in [-0.2, 0) is 0 Å². The van der Waals surface area contributed by atoms with Gasteiger partial charge >= 0.3 is 0 Å². The predicted molar refractivity (Wildman–Crippen MR) is 122 cm³/mol. The third kappa shape index (κ3) is 13.0. The third-order valence-electron chi connectivity index (χ3n) is 6.14. The molecule has 0 aliphatic carbocycles. The van der Waals surface area contributed by atoms with Crippen LogP contribution in [0, 0.1) is 23.7 Å². The summed E-state index contributed by atoms with van der Waals surface area (Å²) in [7, 11) is 0. The Labute approximate surface area is 167 Å². The zero-order chi connectivity index (χ0) is 19.8. The Balaban J connectivity index is 4.61. The molecule has 0 bridgehead atoms. The minimum absolute atomic E-state index is 0.838. The average Bonchev–Trinajstić information content (AvgIpc) is 2.58. The second-order valence-electron chi connectivity index (χ2n) is 9.38. The molecule has 0 aromatic heterocycles. The molecule has 0 nitrogen and oxygen atoms in total. The minimum Gasteiger partial charge on any atom is -0.0856 e. The van der Waals surface area contributed by atoms with Crippen LogP contribution in [0.2, 0.25) is 0 Å². The first-order chi connectivity index (χ1) is 12.5. The van der Waals surface area contributed by atoms with E-state index in [1.807, 2.05) is 0 Å². The zero-order valence-corrected chi connectivity index (χ0v) is 19.6. The van der Waals surface area contributed by atoms with Gasteiger partial charge < -0.3 is 0 Å². The van der Waals surface area contributed by atoms with Crippen molar-refractivity contribution in [2.75, 3.05) is 0 Å². The van der Waals surface area contributed by atoms with E-state index in [2.05, 4.69) is 54.5 Å². The third-order valence-corrected chi connectivity index (χ3v) is 6.14. The number of unbranched alkanes of at least 4 members (excludes halogenated alkanes) is 4. The zero-order valence-electron chi connectivity index (χ0n) is 19.6. The quantitative estimate of drug-likeness (QED) is 0.178.